The second kappa shape index (κ2) is 8.67. The summed E-state index contributed by atoms with van der Waals surface area (Å²) in [5.74, 6) is -0.00373. The lowest BCUT2D eigenvalue weighted by atomic mass is 10.0. The molecule has 0 bridgehead atoms. The maximum absolute atomic E-state index is 13.1. The number of ether oxygens (including phenoxy) is 1. The van der Waals surface area contributed by atoms with Crippen LogP contribution in [-0.2, 0) is 9.59 Å². The summed E-state index contributed by atoms with van der Waals surface area (Å²) in [6.45, 7) is 1.31. The number of nitrogens with one attached hydrogen (secondary N) is 1. The van der Waals surface area contributed by atoms with Crippen LogP contribution in [0.2, 0.25) is 0 Å². The Morgan fingerprint density at radius 1 is 1.00 bits per heavy atom. The second-order valence-electron chi connectivity index (χ2n) is 7.61. The zero-order valence-electron chi connectivity index (χ0n) is 16.9. The number of benzene rings is 2. The van der Waals surface area contributed by atoms with E-state index in [4.69, 9.17) is 4.74 Å². The predicted octanol–water partition coefficient (Wildman–Crippen LogP) is 2.22. The zero-order chi connectivity index (χ0) is 21.1. The molecular formula is C23H25N3O4. The lowest BCUT2D eigenvalue weighted by molar-refractivity contribution is -0.123. The van der Waals surface area contributed by atoms with Crippen LogP contribution in [-0.4, -0.2) is 54.9 Å². The van der Waals surface area contributed by atoms with Gasteiger partial charge in [0.25, 0.3) is 11.8 Å². The van der Waals surface area contributed by atoms with Gasteiger partial charge < -0.3 is 10.1 Å². The number of rotatable bonds is 5. The fourth-order valence-corrected chi connectivity index (χ4v) is 4.18. The largest absolute Gasteiger partial charge is 0.495 e. The van der Waals surface area contributed by atoms with Crippen LogP contribution >= 0.6 is 0 Å². The van der Waals surface area contributed by atoms with Gasteiger partial charge in [-0.05, 0) is 37.1 Å². The van der Waals surface area contributed by atoms with Crippen molar-refractivity contribution in [3.8, 4) is 5.75 Å². The summed E-state index contributed by atoms with van der Waals surface area (Å²) in [5, 5.41) is 3.07. The van der Waals surface area contributed by atoms with Crippen molar-refractivity contribution in [3.05, 3.63) is 60.2 Å². The highest BCUT2D eigenvalue weighted by Gasteiger charge is 2.44. The molecule has 1 unspecified atom stereocenters. The molecule has 0 saturated carbocycles. The molecule has 2 heterocycles. The number of likely N-dealkylation sites (tertiary alicyclic amines) is 1. The van der Waals surface area contributed by atoms with Crippen molar-refractivity contribution in [2.75, 3.05) is 25.1 Å². The van der Waals surface area contributed by atoms with Crippen LogP contribution < -0.4 is 15.0 Å². The van der Waals surface area contributed by atoms with Crippen LogP contribution in [0.4, 0.5) is 5.69 Å². The highest BCUT2D eigenvalue weighted by molar-refractivity contribution is 6.23. The first-order valence-corrected chi connectivity index (χ1v) is 10.2. The third-order valence-electron chi connectivity index (χ3n) is 5.79. The van der Waals surface area contributed by atoms with E-state index >= 15 is 0 Å². The van der Waals surface area contributed by atoms with E-state index in [0.29, 0.717) is 30.1 Å². The smallest absolute Gasteiger partial charge is 0.251 e. The van der Waals surface area contributed by atoms with Gasteiger partial charge in [-0.3, -0.25) is 19.3 Å². The van der Waals surface area contributed by atoms with Gasteiger partial charge >= 0.3 is 0 Å². The second-order valence-corrected chi connectivity index (χ2v) is 7.61. The van der Waals surface area contributed by atoms with Crippen molar-refractivity contribution in [2.45, 2.75) is 31.3 Å². The first-order valence-electron chi connectivity index (χ1n) is 10.2. The molecule has 2 fully saturated rings. The van der Waals surface area contributed by atoms with Crippen molar-refractivity contribution in [1.82, 2.24) is 10.2 Å². The summed E-state index contributed by atoms with van der Waals surface area (Å²) in [6.07, 6.45) is 1.65. The van der Waals surface area contributed by atoms with Crippen LogP contribution in [0, 0.1) is 0 Å². The number of nitrogens with zero attached hydrogens (tertiary/aromatic N) is 2. The van der Waals surface area contributed by atoms with Gasteiger partial charge in [0.2, 0.25) is 5.91 Å². The Balaban J connectivity index is 1.38. The fraction of sp³-hybridized carbons (Fsp3) is 0.348. The summed E-state index contributed by atoms with van der Waals surface area (Å²) >= 11 is 0. The molecule has 0 aliphatic carbocycles. The van der Waals surface area contributed by atoms with Crippen LogP contribution in [0.5, 0.6) is 5.75 Å². The number of methoxy groups -OCH3 is 1. The van der Waals surface area contributed by atoms with Gasteiger partial charge in [0, 0.05) is 24.7 Å². The van der Waals surface area contributed by atoms with Crippen molar-refractivity contribution in [3.63, 3.8) is 0 Å². The van der Waals surface area contributed by atoms with E-state index in [9.17, 15) is 14.4 Å². The molecule has 1 atom stereocenters. The van der Waals surface area contributed by atoms with Crippen molar-refractivity contribution in [2.24, 2.45) is 0 Å². The molecule has 3 amide bonds. The molecule has 2 saturated heterocycles. The Morgan fingerprint density at radius 2 is 1.67 bits per heavy atom. The molecule has 0 aromatic heterocycles. The predicted molar refractivity (Wildman–Crippen MR) is 112 cm³/mol. The Bertz CT molecular complexity index is 938. The molecule has 30 heavy (non-hydrogen) atoms. The molecule has 0 spiro atoms. The maximum atomic E-state index is 13.1. The third kappa shape index (κ3) is 3.93. The van der Waals surface area contributed by atoms with Gasteiger partial charge in [0.1, 0.15) is 5.75 Å². The molecular weight excluding hydrogens is 382 g/mol. The minimum Gasteiger partial charge on any atom is -0.495 e. The number of para-hydroxylation sites is 2. The Kier molecular flexibility index (Phi) is 5.81. The zero-order valence-corrected chi connectivity index (χ0v) is 16.9. The maximum Gasteiger partial charge on any atom is 0.251 e. The van der Waals surface area contributed by atoms with Gasteiger partial charge in [0.05, 0.1) is 25.3 Å². The average molecular weight is 407 g/mol. The standard InChI is InChI=1S/C23H25N3O4/c1-30-20-10-6-5-9-18(20)26-21(27)15-19(23(26)29)25-13-11-17(12-14-25)24-22(28)16-7-3-2-4-8-16/h2-10,17,19H,11-15H2,1H3,(H,24,28). The van der Waals surface area contributed by atoms with E-state index in [1.165, 1.54) is 12.0 Å². The van der Waals surface area contributed by atoms with Crippen molar-refractivity contribution < 1.29 is 19.1 Å². The van der Waals surface area contributed by atoms with E-state index in [1.807, 2.05) is 18.2 Å². The SMILES string of the molecule is COc1ccccc1N1C(=O)CC(N2CCC(NC(=O)c3ccccc3)CC2)C1=O. The number of hydrogen-bond acceptors (Lipinski definition) is 5. The van der Waals surface area contributed by atoms with E-state index < -0.39 is 6.04 Å². The average Bonchev–Trinajstić information content (AvgIpc) is 3.08. The number of carbonyl (C=O) groups excluding carboxylic acids is 3. The Morgan fingerprint density at radius 3 is 2.37 bits per heavy atom. The summed E-state index contributed by atoms with van der Waals surface area (Å²) in [6, 6.07) is 15.8. The number of piperidine rings is 1. The molecule has 156 valence electrons. The van der Waals surface area contributed by atoms with Gasteiger partial charge in [-0.2, -0.15) is 0 Å². The third-order valence-corrected chi connectivity index (χ3v) is 5.79. The number of amides is 3. The molecule has 7 nitrogen and oxygen atoms in total. The monoisotopic (exact) mass is 407 g/mol. The summed E-state index contributed by atoms with van der Waals surface area (Å²) < 4.78 is 5.32. The molecule has 2 aliphatic rings. The highest BCUT2D eigenvalue weighted by Crippen LogP contribution is 2.33. The summed E-state index contributed by atoms with van der Waals surface area (Å²) in [7, 11) is 1.52. The normalized spacial score (nSPS) is 20.4. The van der Waals surface area contributed by atoms with E-state index in [-0.39, 0.29) is 30.2 Å². The van der Waals surface area contributed by atoms with Gasteiger partial charge in [-0.25, -0.2) is 4.90 Å². The highest BCUT2D eigenvalue weighted by atomic mass is 16.5. The van der Waals surface area contributed by atoms with Gasteiger partial charge in [-0.15, -0.1) is 0 Å². The summed E-state index contributed by atoms with van der Waals surface area (Å²) in [4.78, 5) is 41.4. The van der Waals surface area contributed by atoms with Crippen molar-refractivity contribution >= 4 is 23.4 Å². The lowest BCUT2D eigenvalue weighted by Crippen LogP contribution is -2.50. The van der Waals surface area contributed by atoms with Gasteiger partial charge in [0.15, 0.2) is 0 Å². The van der Waals surface area contributed by atoms with Crippen LogP contribution in [0.25, 0.3) is 0 Å². The number of anilines is 1. The topological polar surface area (TPSA) is 79.0 Å². The van der Waals surface area contributed by atoms with E-state index in [2.05, 4.69) is 10.2 Å². The minimum atomic E-state index is -0.465. The van der Waals surface area contributed by atoms with Crippen molar-refractivity contribution in [1.29, 1.82) is 0 Å². The number of hydrogen-bond donors (Lipinski definition) is 1. The fourth-order valence-electron chi connectivity index (χ4n) is 4.18. The molecule has 0 radical (unpaired) electrons. The van der Waals surface area contributed by atoms with Crippen LogP contribution in [0.15, 0.2) is 54.6 Å². The molecule has 7 heteroatoms. The molecule has 2 aliphatic heterocycles. The number of imide groups is 1. The summed E-state index contributed by atoms with van der Waals surface area (Å²) in [5.41, 5.74) is 1.13. The first-order chi connectivity index (χ1) is 14.6. The molecule has 4 rings (SSSR count). The quantitative estimate of drug-likeness (QED) is 0.769. The Hall–Kier alpha value is -3.19. The Labute approximate surface area is 175 Å². The lowest BCUT2D eigenvalue weighted by Gasteiger charge is -2.35. The van der Waals surface area contributed by atoms with Crippen LogP contribution in [0.1, 0.15) is 29.6 Å². The minimum absolute atomic E-state index is 0.0616. The van der Waals surface area contributed by atoms with Crippen LogP contribution in [0.3, 0.4) is 0 Å². The molecule has 2 aromatic rings. The van der Waals surface area contributed by atoms with E-state index in [1.54, 1.807) is 36.4 Å². The first kappa shape index (κ1) is 20.1. The molecule has 1 N–H and O–H groups in total. The van der Waals surface area contributed by atoms with Gasteiger partial charge in [-0.1, -0.05) is 30.3 Å². The number of carbonyl (C=O) groups is 3. The van der Waals surface area contributed by atoms with E-state index in [0.717, 1.165) is 12.8 Å². The molecule has 2 aromatic carbocycles.